The van der Waals surface area contributed by atoms with Crippen molar-refractivity contribution in [1.82, 2.24) is 10.2 Å². The van der Waals surface area contributed by atoms with E-state index in [1.807, 2.05) is 0 Å². The van der Waals surface area contributed by atoms with Gasteiger partial charge in [-0.2, -0.15) is 0 Å². The molecule has 1 aliphatic heterocycles. The normalized spacial score (nSPS) is 29.7. The largest absolute Gasteiger partial charge is 0.312 e. The molecular weight excluding hydrogens is 256 g/mol. The minimum atomic E-state index is 0.752. The van der Waals surface area contributed by atoms with Gasteiger partial charge in [-0.3, -0.25) is 4.90 Å². The van der Waals surface area contributed by atoms with E-state index in [2.05, 4.69) is 31.0 Å². The Morgan fingerprint density at radius 1 is 1.00 bits per heavy atom. The summed E-state index contributed by atoms with van der Waals surface area (Å²) >= 11 is 0. The summed E-state index contributed by atoms with van der Waals surface area (Å²) in [5.41, 5.74) is 0. The quantitative estimate of drug-likeness (QED) is 0.698. The number of rotatable bonds is 7. The highest BCUT2D eigenvalue weighted by Gasteiger charge is 2.26. The molecule has 0 radical (unpaired) electrons. The van der Waals surface area contributed by atoms with E-state index in [0.29, 0.717) is 0 Å². The van der Waals surface area contributed by atoms with Crippen LogP contribution in [-0.2, 0) is 0 Å². The van der Waals surface area contributed by atoms with Crippen LogP contribution in [0.1, 0.15) is 78.6 Å². The zero-order valence-corrected chi connectivity index (χ0v) is 14.7. The minimum absolute atomic E-state index is 0.752. The molecule has 0 bridgehead atoms. The fourth-order valence-electron chi connectivity index (χ4n) is 4.43. The van der Waals surface area contributed by atoms with Crippen LogP contribution in [0.3, 0.4) is 0 Å². The smallest absolute Gasteiger partial charge is 0.0243 e. The lowest BCUT2D eigenvalue weighted by atomic mass is 9.95. The van der Waals surface area contributed by atoms with Crippen LogP contribution >= 0.6 is 0 Å². The van der Waals surface area contributed by atoms with Crippen LogP contribution in [0.15, 0.2) is 0 Å². The van der Waals surface area contributed by atoms with Crippen LogP contribution in [0.25, 0.3) is 0 Å². The molecule has 2 rings (SSSR count). The van der Waals surface area contributed by atoms with Gasteiger partial charge in [-0.05, 0) is 57.0 Å². The second kappa shape index (κ2) is 9.15. The highest BCUT2D eigenvalue weighted by atomic mass is 15.2. The zero-order valence-electron chi connectivity index (χ0n) is 14.7. The van der Waals surface area contributed by atoms with Gasteiger partial charge in [0.15, 0.2) is 0 Å². The van der Waals surface area contributed by atoms with Crippen LogP contribution < -0.4 is 5.32 Å². The molecule has 0 aromatic heterocycles. The van der Waals surface area contributed by atoms with E-state index >= 15 is 0 Å². The molecule has 0 aromatic carbocycles. The molecule has 2 nitrogen and oxygen atoms in total. The van der Waals surface area contributed by atoms with Crippen LogP contribution in [0, 0.1) is 11.8 Å². The third-order valence-electron chi connectivity index (χ3n) is 5.78. The first-order chi connectivity index (χ1) is 10.2. The van der Waals surface area contributed by atoms with Crippen LogP contribution in [-0.4, -0.2) is 36.6 Å². The van der Waals surface area contributed by atoms with Crippen molar-refractivity contribution in [2.45, 2.75) is 90.6 Å². The van der Waals surface area contributed by atoms with Gasteiger partial charge in [0.2, 0.25) is 0 Å². The fraction of sp³-hybridized carbons (Fsp3) is 1.00. The minimum Gasteiger partial charge on any atom is -0.312 e. The zero-order chi connectivity index (χ0) is 15.1. The predicted octanol–water partition coefficient (Wildman–Crippen LogP) is 4.45. The molecule has 1 saturated carbocycles. The Kier molecular flexibility index (Phi) is 7.53. The molecule has 1 heterocycles. The summed E-state index contributed by atoms with van der Waals surface area (Å²) in [6.07, 6.45) is 12.8. The van der Waals surface area contributed by atoms with Gasteiger partial charge in [0.1, 0.15) is 0 Å². The Hall–Kier alpha value is -0.0800. The molecule has 21 heavy (non-hydrogen) atoms. The summed E-state index contributed by atoms with van der Waals surface area (Å²) in [5.74, 6) is 1.79. The molecule has 0 spiro atoms. The Morgan fingerprint density at radius 2 is 1.76 bits per heavy atom. The molecule has 2 heteroatoms. The number of nitrogens with one attached hydrogen (secondary N) is 1. The molecular formula is C19H38N2. The third kappa shape index (κ3) is 5.56. The number of likely N-dealkylation sites (tertiary alicyclic amines) is 1. The van der Waals surface area contributed by atoms with Crippen molar-refractivity contribution in [2.24, 2.45) is 11.8 Å². The van der Waals surface area contributed by atoms with Crippen molar-refractivity contribution in [3.63, 3.8) is 0 Å². The van der Waals surface area contributed by atoms with Crippen molar-refractivity contribution in [1.29, 1.82) is 0 Å². The number of hydrogen-bond donors (Lipinski definition) is 1. The molecule has 0 amide bonds. The average molecular weight is 295 g/mol. The molecule has 2 fully saturated rings. The van der Waals surface area contributed by atoms with Crippen molar-refractivity contribution in [2.75, 3.05) is 19.6 Å². The summed E-state index contributed by atoms with van der Waals surface area (Å²) < 4.78 is 0. The van der Waals surface area contributed by atoms with E-state index in [9.17, 15) is 0 Å². The maximum Gasteiger partial charge on any atom is 0.0243 e. The lowest BCUT2D eigenvalue weighted by Gasteiger charge is -2.32. The van der Waals surface area contributed by atoms with Crippen molar-refractivity contribution in [3.8, 4) is 0 Å². The second-order valence-corrected chi connectivity index (χ2v) is 7.82. The fourth-order valence-corrected chi connectivity index (χ4v) is 4.43. The highest BCUT2D eigenvalue weighted by Crippen LogP contribution is 2.27. The lowest BCUT2D eigenvalue weighted by molar-refractivity contribution is 0.180. The van der Waals surface area contributed by atoms with Crippen LogP contribution in [0.5, 0.6) is 0 Å². The second-order valence-electron chi connectivity index (χ2n) is 7.82. The predicted molar refractivity (Wildman–Crippen MR) is 92.7 cm³/mol. The van der Waals surface area contributed by atoms with Crippen molar-refractivity contribution < 1.29 is 0 Å². The van der Waals surface area contributed by atoms with E-state index in [1.54, 1.807) is 0 Å². The molecule has 124 valence electrons. The molecule has 0 aromatic rings. The van der Waals surface area contributed by atoms with E-state index < -0.39 is 0 Å². The monoisotopic (exact) mass is 294 g/mol. The van der Waals surface area contributed by atoms with Gasteiger partial charge in [0.05, 0.1) is 0 Å². The Morgan fingerprint density at radius 3 is 2.43 bits per heavy atom. The van der Waals surface area contributed by atoms with Gasteiger partial charge >= 0.3 is 0 Å². The van der Waals surface area contributed by atoms with E-state index in [4.69, 9.17) is 0 Å². The highest BCUT2D eigenvalue weighted by molar-refractivity contribution is 4.83. The van der Waals surface area contributed by atoms with Crippen molar-refractivity contribution in [3.05, 3.63) is 0 Å². The molecule has 1 N–H and O–H groups in total. The van der Waals surface area contributed by atoms with Gasteiger partial charge in [-0.15, -0.1) is 0 Å². The summed E-state index contributed by atoms with van der Waals surface area (Å²) in [4.78, 5) is 2.73. The first-order valence-electron chi connectivity index (χ1n) is 9.68. The molecule has 1 aliphatic carbocycles. The van der Waals surface area contributed by atoms with Crippen LogP contribution in [0.4, 0.5) is 0 Å². The summed E-state index contributed by atoms with van der Waals surface area (Å²) in [6.45, 7) is 11.0. The van der Waals surface area contributed by atoms with E-state index in [0.717, 1.165) is 23.9 Å². The maximum absolute atomic E-state index is 3.94. The molecule has 2 aliphatic rings. The Labute approximate surface area is 133 Å². The van der Waals surface area contributed by atoms with Crippen LogP contribution in [0.2, 0.25) is 0 Å². The SMILES string of the molecule is CCCC1CCCC(NCC(C(C)C)N2CCCC2)CC1. The van der Waals surface area contributed by atoms with Gasteiger partial charge in [0.25, 0.3) is 0 Å². The van der Waals surface area contributed by atoms with Gasteiger partial charge in [-0.25, -0.2) is 0 Å². The number of nitrogens with zero attached hydrogens (tertiary/aromatic N) is 1. The number of hydrogen-bond acceptors (Lipinski definition) is 2. The van der Waals surface area contributed by atoms with Gasteiger partial charge in [0, 0.05) is 18.6 Å². The van der Waals surface area contributed by atoms with Crippen molar-refractivity contribution >= 4 is 0 Å². The van der Waals surface area contributed by atoms with Gasteiger partial charge < -0.3 is 5.32 Å². The molecule has 3 atom stereocenters. The summed E-state index contributed by atoms with van der Waals surface area (Å²) in [5, 5.41) is 3.94. The van der Waals surface area contributed by atoms with E-state index in [1.165, 1.54) is 77.4 Å². The van der Waals surface area contributed by atoms with Gasteiger partial charge in [-0.1, -0.05) is 46.5 Å². The maximum atomic E-state index is 3.94. The Balaban J connectivity index is 1.75. The lowest BCUT2D eigenvalue weighted by Crippen LogP contribution is -2.46. The third-order valence-corrected chi connectivity index (χ3v) is 5.78. The summed E-state index contributed by atoms with van der Waals surface area (Å²) in [6, 6.07) is 1.54. The average Bonchev–Trinajstić information content (AvgIpc) is 2.88. The Bertz CT molecular complexity index is 271. The first kappa shape index (κ1) is 17.3. The first-order valence-corrected chi connectivity index (χ1v) is 9.68. The van der Waals surface area contributed by atoms with E-state index in [-0.39, 0.29) is 0 Å². The standard InChI is InChI=1S/C19H38N2/c1-4-8-17-9-7-10-18(12-11-17)20-15-19(16(2)3)21-13-5-6-14-21/h16-20H,4-15H2,1-3H3. The summed E-state index contributed by atoms with van der Waals surface area (Å²) in [7, 11) is 0. The molecule has 3 unspecified atom stereocenters. The topological polar surface area (TPSA) is 15.3 Å². The molecule has 1 saturated heterocycles.